The minimum Gasteiger partial charge on any atom is -0.379 e. The smallest absolute Gasteiger partial charge is 0.239 e. The molecule has 0 unspecified atom stereocenters. The van der Waals surface area contributed by atoms with Crippen molar-refractivity contribution in [1.82, 2.24) is 16.0 Å². The number of hydrogen-bond acceptors (Lipinski definition) is 6. The molecule has 1 rings (SSSR count). The molecule has 0 radical (unpaired) electrons. The zero-order chi connectivity index (χ0) is 19.9. The van der Waals surface area contributed by atoms with E-state index in [1.807, 2.05) is 0 Å². The van der Waals surface area contributed by atoms with Crippen LogP contribution in [0, 0.1) is 5.92 Å². The van der Waals surface area contributed by atoms with E-state index in [2.05, 4.69) is 16.0 Å². The van der Waals surface area contributed by atoms with Crippen molar-refractivity contribution in [2.45, 2.75) is 38.1 Å². The Balaban J connectivity index is 1.90. The van der Waals surface area contributed by atoms with Crippen LogP contribution in [0.3, 0.4) is 0 Å². The van der Waals surface area contributed by atoms with Gasteiger partial charge in [-0.25, -0.2) is 0 Å². The van der Waals surface area contributed by atoms with Gasteiger partial charge in [-0.15, -0.1) is 0 Å². The number of carbonyl (C=O) groups is 4. The summed E-state index contributed by atoms with van der Waals surface area (Å²) in [5.41, 5.74) is 5.29. The highest BCUT2D eigenvalue weighted by Gasteiger charge is 2.25. The molecular formula is C17H30N4O6. The van der Waals surface area contributed by atoms with Gasteiger partial charge in [0, 0.05) is 24.9 Å². The second-order valence-corrected chi connectivity index (χ2v) is 6.34. The first-order chi connectivity index (χ1) is 13.0. The first-order valence-corrected chi connectivity index (χ1v) is 9.20. The summed E-state index contributed by atoms with van der Waals surface area (Å²) in [6.45, 7) is 1.66. The minimum absolute atomic E-state index is 0.0543. The Labute approximate surface area is 158 Å². The SMILES string of the molecule is NC(=O)C1CCC(NC(=O)CCOCCOCCNC(=O)CNC=O)CC1. The second kappa shape index (κ2) is 13.9. The van der Waals surface area contributed by atoms with E-state index >= 15 is 0 Å². The average molecular weight is 386 g/mol. The van der Waals surface area contributed by atoms with Gasteiger partial charge in [0.2, 0.25) is 24.1 Å². The van der Waals surface area contributed by atoms with Gasteiger partial charge in [0.05, 0.1) is 33.0 Å². The van der Waals surface area contributed by atoms with E-state index in [1.54, 1.807) is 0 Å². The summed E-state index contributed by atoms with van der Waals surface area (Å²) >= 11 is 0. The Kier molecular flexibility index (Phi) is 11.8. The highest BCUT2D eigenvalue weighted by molar-refractivity contribution is 5.79. The maximum absolute atomic E-state index is 11.9. The molecule has 154 valence electrons. The molecule has 10 nitrogen and oxygen atoms in total. The molecule has 0 aromatic heterocycles. The summed E-state index contributed by atoms with van der Waals surface area (Å²) in [5, 5.41) is 7.79. The number of rotatable bonds is 14. The Morgan fingerprint density at radius 3 is 2.26 bits per heavy atom. The zero-order valence-corrected chi connectivity index (χ0v) is 15.5. The molecule has 1 fully saturated rings. The quantitative estimate of drug-likeness (QED) is 0.209. The number of carbonyl (C=O) groups excluding carboxylic acids is 4. The lowest BCUT2D eigenvalue weighted by Gasteiger charge is -2.27. The molecule has 0 aromatic rings. The van der Waals surface area contributed by atoms with Gasteiger partial charge in [0.1, 0.15) is 0 Å². The van der Waals surface area contributed by atoms with Crippen LogP contribution in [-0.4, -0.2) is 69.7 Å². The lowest BCUT2D eigenvalue weighted by Crippen LogP contribution is -2.40. The van der Waals surface area contributed by atoms with Crippen LogP contribution >= 0.6 is 0 Å². The van der Waals surface area contributed by atoms with Crippen molar-refractivity contribution in [2.75, 3.05) is 39.5 Å². The fraction of sp³-hybridized carbons (Fsp3) is 0.765. The third-order valence-corrected chi connectivity index (χ3v) is 4.25. The maximum Gasteiger partial charge on any atom is 0.239 e. The van der Waals surface area contributed by atoms with Gasteiger partial charge >= 0.3 is 0 Å². The molecule has 0 saturated heterocycles. The highest BCUT2D eigenvalue weighted by atomic mass is 16.5. The molecule has 0 aliphatic heterocycles. The van der Waals surface area contributed by atoms with Crippen molar-refractivity contribution in [2.24, 2.45) is 11.7 Å². The van der Waals surface area contributed by atoms with Gasteiger partial charge in [-0.3, -0.25) is 19.2 Å². The molecule has 4 amide bonds. The lowest BCUT2D eigenvalue weighted by atomic mass is 9.85. The summed E-state index contributed by atoms with van der Waals surface area (Å²) in [7, 11) is 0. The first kappa shape index (κ1) is 22.8. The third-order valence-electron chi connectivity index (χ3n) is 4.25. The molecule has 0 atom stereocenters. The van der Waals surface area contributed by atoms with Crippen LogP contribution in [0.2, 0.25) is 0 Å². The van der Waals surface area contributed by atoms with E-state index in [0.717, 1.165) is 25.7 Å². The van der Waals surface area contributed by atoms with Crippen LogP contribution < -0.4 is 21.7 Å². The first-order valence-electron chi connectivity index (χ1n) is 9.20. The largest absolute Gasteiger partial charge is 0.379 e. The molecule has 0 aromatic carbocycles. The van der Waals surface area contributed by atoms with Crippen molar-refractivity contribution in [1.29, 1.82) is 0 Å². The molecule has 1 aliphatic carbocycles. The van der Waals surface area contributed by atoms with Gasteiger partial charge < -0.3 is 31.2 Å². The topological polar surface area (TPSA) is 149 Å². The van der Waals surface area contributed by atoms with Crippen molar-refractivity contribution < 1.29 is 28.7 Å². The van der Waals surface area contributed by atoms with Gasteiger partial charge in [-0.2, -0.15) is 0 Å². The van der Waals surface area contributed by atoms with Crippen LogP contribution in [0.5, 0.6) is 0 Å². The van der Waals surface area contributed by atoms with E-state index in [1.165, 1.54) is 0 Å². The molecule has 0 spiro atoms. The van der Waals surface area contributed by atoms with E-state index in [4.69, 9.17) is 15.2 Å². The van der Waals surface area contributed by atoms with Gasteiger partial charge in [0.25, 0.3) is 0 Å². The van der Waals surface area contributed by atoms with Crippen molar-refractivity contribution in [3.05, 3.63) is 0 Å². The maximum atomic E-state index is 11.9. The number of nitrogens with two attached hydrogens (primary N) is 1. The number of nitrogens with one attached hydrogen (secondary N) is 3. The fourth-order valence-electron chi connectivity index (χ4n) is 2.77. The van der Waals surface area contributed by atoms with Crippen molar-refractivity contribution in [3.8, 4) is 0 Å². The molecular weight excluding hydrogens is 356 g/mol. The summed E-state index contributed by atoms with van der Waals surface area (Å²) in [4.78, 5) is 44.1. The molecule has 10 heteroatoms. The van der Waals surface area contributed by atoms with Crippen LogP contribution in [-0.2, 0) is 28.7 Å². The van der Waals surface area contributed by atoms with E-state index in [-0.39, 0.29) is 42.6 Å². The Hall–Kier alpha value is -2.20. The second-order valence-electron chi connectivity index (χ2n) is 6.34. The third kappa shape index (κ3) is 11.2. The van der Waals surface area contributed by atoms with Crippen LogP contribution in [0.15, 0.2) is 0 Å². The summed E-state index contributed by atoms with van der Waals surface area (Å²) in [6, 6.07) is 0.105. The Bertz CT molecular complexity index is 480. The Morgan fingerprint density at radius 1 is 0.963 bits per heavy atom. The van der Waals surface area contributed by atoms with Crippen molar-refractivity contribution in [3.63, 3.8) is 0 Å². The van der Waals surface area contributed by atoms with Gasteiger partial charge in [0.15, 0.2) is 0 Å². The predicted molar refractivity (Wildman–Crippen MR) is 96.4 cm³/mol. The van der Waals surface area contributed by atoms with Gasteiger partial charge in [-0.05, 0) is 25.7 Å². The van der Waals surface area contributed by atoms with Gasteiger partial charge in [-0.1, -0.05) is 0 Å². The number of ether oxygens (including phenoxy) is 2. The van der Waals surface area contributed by atoms with Crippen molar-refractivity contribution >= 4 is 24.1 Å². The molecule has 0 heterocycles. The Morgan fingerprint density at radius 2 is 1.63 bits per heavy atom. The monoisotopic (exact) mass is 386 g/mol. The van der Waals surface area contributed by atoms with Crippen LogP contribution in [0.4, 0.5) is 0 Å². The van der Waals surface area contributed by atoms with E-state index < -0.39 is 0 Å². The summed E-state index contributed by atoms with van der Waals surface area (Å²) in [6.07, 6.45) is 3.73. The highest BCUT2D eigenvalue weighted by Crippen LogP contribution is 2.23. The molecule has 1 saturated carbocycles. The molecule has 0 bridgehead atoms. The molecule has 5 N–H and O–H groups in total. The average Bonchev–Trinajstić information content (AvgIpc) is 2.65. The summed E-state index contributed by atoms with van der Waals surface area (Å²) in [5.74, 6) is -0.670. The summed E-state index contributed by atoms with van der Waals surface area (Å²) < 4.78 is 10.6. The predicted octanol–water partition coefficient (Wildman–Crippen LogP) is -1.57. The van der Waals surface area contributed by atoms with Crippen LogP contribution in [0.25, 0.3) is 0 Å². The fourth-order valence-corrected chi connectivity index (χ4v) is 2.77. The van der Waals surface area contributed by atoms with Crippen LogP contribution in [0.1, 0.15) is 32.1 Å². The molecule has 27 heavy (non-hydrogen) atoms. The zero-order valence-electron chi connectivity index (χ0n) is 15.5. The van der Waals surface area contributed by atoms with E-state index in [9.17, 15) is 19.2 Å². The minimum atomic E-state index is -0.281. The standard InChI is InChI=1S/C17H30N4O6/c18-17(25)13-1-3-14(4-2-13)21-15(23)5-7-26-9-10-27-8-6-20-16(24)11-19-12-22/h12-14H,1-11H2,(H2,18,25)(H,19,22)(H,20,24)(H,21,23). The number of amides is 4. The van der Waals surface area contributed by atoms with E-state index in [0.29, 0.717) is 39.4 Å². The molecule has 1 aliphatic rings. The number of primary amides is 1. The normalized spacial score (nSPS) is 19.1. The lowest BCUT2D eigenvalue weighted by molar-refractivity contribution is -0.124. The number of hydrogen-bond donors (Lipinski definition) is 4.